The van der Waals surface area contributed by atoms with Gasteiger partial charge < -0.3 is 4.18 Å². The molecule has 1 rings (SSSR count). The first-order valence-electron chi connectivity index (χ1n) is 5.77. The summed E-state index contributed by atoms with van der Waals surface area (Å²) in [5.74, 6) is -1.02. The van der Waals surface area contributed by atoms with Gasteiger partial charge in [-0.15, -0.1) is 0 Å². The van der Waals surface area contributed by atoms with Gasteiger partial charge in [0.25, 0.3) is 0 Å². The van der Waals surface area contributed by atoms with Gasteiger partial charge in [0.2, 0.25) is 0 Å². The van der Waals surface area contributed by atoms with E-state index in [0.29, 0.717) is 5.56 Å². The summed E-state index contributed by atoms with van der Waals surface area (Å²) in [5, 5.41) is 0. The molecule has 1 aromatic rings. The molecule has 0 saturated carbocycles. The Labute approximate surface area is 132 Å². The lowest BCUT2D eigenvalue weighted by atomic mass is 10.1. The molecular weight excluding hydrogens is 370 g/mol. The van der Waals surface area contributed by atoms with E-state index in [0.717, 1.165) is 19.1 Å². The van der Waals surface area contributed by atoms with Crippen LogP contribution in [0.2, 0.25) is 0 Å². The van der Waals surface area contributed by atoms with Crippen LogP contribution in [0.1, 0.15) is 18.1 Å². The molecule has 0 saturated heterocycles. The van der Waals surface area contributed by atoms with Gasteiger partial charge in [-0.1, -0.05) is 29.8 Å². The fraction of sp³-hybridized carbons (Fsp3) is 0.333. The molecule has 23 heavy (non-hydrogen) atoms. The summed E-state index contributed by atoms with van der Waals surface area (Å²) >= 11 is -0.762. The molecule has 0 N–H and O–H groups in total. The maximum atomic E-state index is 12.4. The molecule has 0 bridgehead atoms. The first-order chi connectivity index (χ1) is 10.2. The maximum absolute atomic E-state index is 12.4. The second-order valence-corrected chi connectivity index (χ2v) is 7.10. The van der Waals surface area contributed by atoms with Crippen molar-refractivity contribution in [2.45, 2.75) is 24.9 Å². The summed E-state index contributed by atoms with van der Waals surface area (Å²) in [7, 11) is -6.09. The minimum absolute atomic E-state index is 0.224. The third-order valence-electron chi connectivity index (χ3n) is 2.38. The Morgan fingerprint density at radius 3 is 1.91 bits per heavy atom. The highest BCUT2D eigenvalue weighted by Crippen LogP contribution is 2.41. The molecule has 11 heteroatoms. The van der Waals surface area contributed by atoms with Crippen LogP contribution in [0.3, 0.4) is 0 Å². The molecule has 0 aromatic heterocycles. The number of benzene rings is 1. The molecule has 0 aliphatic heterocycles. The highest BCUT2D eigenvalue weighted by molar-refractivity contribution is 8.04. The van der Waals surface area contributed by atoms with E-state index in [1.807, 2.05) is 0 Å². The van der Waals surface area contributed by atoms with Crippen LogP contribution in [-0.2, 0) is 14.3 Å². The predicted octanol–water partition coefficient (Wildman–Crippen LogP) is 4.80. The zero-order valence-corrected chi connectivity index (χ0v) is 13.3. The lowest BCUT2D eigenvalue weighted by molar-refractivity contribution is -0.0509. The summed E-state index contributed by atoms with van der Waals surface area (Å²) in [6.07, 6.45) is 0. The Balaban J connectivity index is 3.39. The number of allylic oxidation sites excluding steroid dienone is 1. The molecule has 0 unspecified atom stereocenters. The van der Waals surface area contributed by atoms with Crippen LogP contribution in [0.5, 0.6) is 0 Å². The first kappa shape index (κ1) is 19.7. The summed E-state index contributed by atoms with van der Waals surface area (Å²) in [6.45, 7) is 2.46. The van der Waals surface area contributed by atoms with E-state index in [2.05, 4.69) is 4.18 Å². The van der Waals surface area contributed by atoms with Crippen molar-refractivity contribution < 1.29 is 38.9 Å². The minimum Gasteiger partial charge on any atom is -0.375 e. The van der Waals surface area contributed by atoms with Gasteiger partial charge in [0.05, 0.1) is 0 Å². The number of thioether (sulfide) groups is 1. The molecule has 3 nitrogen and oxygen atoms in total. The normalized spacial score (nSPS) is 14.4. The van der Waals surface area contributed by atoms with Gasteiger partial charge in [0, 0.05) is 10.5 Å². The molecule has 0 aliphatic carbocycles. The summed E-state index contributed by atoms with van der Waals surface area (Å²) in [4.78, 5) is -0.769. The summed E-state index contributed by atoms with van der Waals surface area (Å²) in [6, 6.07) is 5.11. The molecule has 1 aromatic carbocycles. The Hall–Kier alpha value is -1.36. The fourth-order valence-corrected chi connectivity index (χ4v) is 2.58. The smallest absolute Gasteiger partial charge is 0.375 e. The topological polar surface area (TPSA) is 43.4 Å². The van der Waals surface area contributed by atoms with E-state index in [-0.39, 0.29) is 5.56 Å². The fourth-order valence-electron chi connectivity index (χ4n) is 1.39. The second-order valence-electron chi connectivity index (χ2n) is 4.28. The highest BCUT2D eigenvalue weighted by Gasteiger charge is 2.49. The van der Waals surface area contributed by atoms with Gasteiger partial charge in [-0.2, -0.15) is 34.8 Å². The van der Waals surface area contributed by atoms with Gasteiger partial charge >= 0.3 is 21.1 Å². The zero-order valence-electron chi connectivity index (χ0n) is 11.6. The predicted molar refractivity (Wildman–Crippen MR) is 73.5 cm³/mol. The van der Waals surface area contributed by atoms with Crippen molar-refractivity contribution in [1.82, 2.24) is 0 Å². The van der Waals surface area contributed by atoms with Crippen molar-refractivity contribution in [2.75, 3.05) is 0 Å². The number of hydrogen-bond donors (Lipinski definition) is 0. The lowest BCUT2D eigenvalue weighted by Crippen LogP contribution is -2.25. The van der Waals surface area contributed by atoms with Gasteiger partial charge in [-0.05, 0) is 25.6 Å². The highest BCUT2D eigenvalue weighted by atomic mass is 32.2. The SMILES string of the molecule is C/C(SC(F)(F)F)=C(\OS(=O)(=O)C(F)(F)F)c1ccc(C)cc1. The quantitative estimate of drug-likeness (QED) is 0.326. The van der Waals surface area contributed by atoms with Gasteiger partial charge in [0.15, 0.2) is 5.76 Å². The molecule has 0 amide bonds. The van der Waals surface area contributed by atoms with Crippen LogP contribution < -0.4 is 0 Å². The van der Waals surface area contributed by atoms with Crippen molar-refractivity contribution in [2.24, 2.45) is 0 Å². The van der Waals surface area contributed by atoms with E-state index in [4.69, 9.17) is 0 Å². The van der Waals surface area contributed by atoms with Crippen LogP contribution in [0.4, 0.5) is 26.3 Å². The Morgan fingerprint density at radius 1 is 1.04 bits per heavy atom. The molecule has 0 fully saturated rings. The van der Waals surface area contributed by atoms with Crippen molar-refractivity contribution in [3.63, 3.8) is 0 Å². The third kappa shape index (κ3) is 5.65. The van der Waals surface area contributed by atoms with Gasteiger partial charge in [-0.3, -0.25) is 0 Å². The second kappa shape index (κ2) is 6.63. The van der Waals surface area contributed by atoms with Crippen molar-refractivity contribution in [3.05, 3.63) is 40.3 Å². The monoisotopic (exact) mass is 380 g/mol. The van der Waals surface area contributed by atoms with E-state index in [9.17, 15) is 34.8 Å². The molecule has 0 spiro atoms. The largest absolute Gasteiger partial charge is 0.534 e. The van der Waals surface area contributed by atoms with Crippen LogP contribution in [0.25, 0.3) is 5.76 Å². The van der Waals surface area contributed by atoms with Crippen LogP contribution in [0.15, 0.2) is 29.2 Å². The van der Waals surface area contributed by atoms with E-state index < -0.39 is 43.6 Å². The van der Waals surface area contributed by atoms with Crippen molar-refractivity contribution in [3.8, 4) is 0 Å². The number of hydrogen-bond acceptors (Lipinski definition) is 4. The average molecular weight is 380 g/mol. The molecule has 0 radical (unpaired) electrons. The Morgan fingerprint density at radius 2 is 1.52 bits per heavy atom. The van der Waals surface area contributed by atoms with E-state index >= 15 is 0 Å². The lowest BCUT2D eigenvalue weighted by Gasteiger charge is -2.16. The zero-order chi connectivity index (χ0) is 18.1. The van der Waals surface area contributed by atoms with Crippen LogP contribution >= 0.6 is 11.8 Å². The number of aryl methyl sites for hydroxylation is 1. The van der Waals surface area contributed by atoms with E-state index in [1.54, 1.807) is 6.92 Å². The Kier molecular flexibility index (Phi) is 5.68. The maximum Gasteiger partial charge on any atom is 0.534 e. The molecule has 130 valence electrons. The molecular formula is C12H10F6O3S2. The third-order valence-corrected chi connectivity index (χ3v) is 4.05. The summed E-state index contributed by atoms with van der Waals surface area (Å²) in [5.41, 5.74) is -10.1. The van der Waals surface area contributed by atoms with Gasteiger partial charge in [0.1, 0.15) is 0 Å². The van der Waals surface area contributed by atoms with E-state index in [1.165, 1.54) is 12.1 Å². The number of rotatable bonds is 4. The number of alkyl halides is 6. The molecule has 0 atom stereocenters. The van der Waals surface area contributed by atoms with Gasteiger partial charge in [-0.25, -0.2) is 0 Å². The van der Waals surface area contributed by atoms with Crippen LogP contribution in [-0.4, -0.2) is 19.4 Å². The number of halogens is 6. The average Bonchev–Trinajstić information content (AvgIpc) is 2.33. The van der Waals surface area contributed by atoms with Crippen LogP contribution in [0, 0.1) is 6.92 Å². The minimum atomic E-state index is -6.09. The standard InChI is InChI=1S/C12H10F6O3S2/c1-7-3-5-9(6-4-7)10(8(2)22-11(13,14)15)21-23(19,20)12(16,17)18/h3-6H,1-2H3/b10-8+. The first-order valence-corrected chi connectivity index (χ1v) is 8.00. The van der Waals surface area contributed by atoms with Crippen molar-refractivity contribution in [1.29, 1.82) is 0 Å². The Bertz CT molecular complexity index is 687. The summed E-state index contributed by atoms with van der Waals surface area (Å²) < 4.78 is 101. The molecule has 0 aliphatic rings. The van der Waals surface area contributed by atoms with Crippen molar-refractivity contribution >= 4 is 27.6 Å². The molecule has 0 heterocycles.